The number of carbonyl (C=O) groups excluding carboxylic acids is 3. The van der Waals surface area contributed by atoms with E-state index in [9.17, 15) is 14.4 Å². The average Bonchev–Trinajstić information content (AvgIpc) is 2.60. The highest BCUT2D eigenvalue weighted by Crippen LogP contribution is 2.31. The number of ether oxygens (including phenoxy) is 1. The van der Waals surface area contributed by atoms with Crippen LogP contribution in [-0.4, -0.2) is 31.3 Å². The number of fused-ring (bicyclic) bond motifs is 1. The molecule has 0 radical (unpaired) electrons. The smallest absolute Gasteiger partial charge is 0.307 e. The molecule has 0 fully saturated rings. The first-order valence-corrected chi connectivity index (χ1v) is 5.65. The normalized spacial score (nSPS) is 13.8. The van der Waals surface area contributed by atoms with Crippen molar-refractivity contribution >= 4 is 34.9 Å². The van der Waals surface area contributed by atoms with Crippen LogP contribution in [-0.2, 0) is 14.3 Å². The number of benzene rings is 1. The average molecular weight is 268 g/mol. The standard InChI is InChI=1S/C12H10ClNO4/c1-18-10(15)4-5-14-9-3-2-7(13)6-8(9)11(16)12(14)17/h2-3,6H,4-5H2,1H3. The van der Waals surface area contributed by atoms with Gasteiger partial charge in [-0.15, -0.1) is 0 Å². The van der Waals surface area contributed by atoms with Crippen molar-refractivity contribution in [2.75, 3.05) is 18.6 Å². The molecule has 5 nitrogen and oxygen atoms in total. The van der Waals surface area contributed by atoms with Crippen LogP contribution in [0, 0.1) is 0 Å². The number of methoxy groups -OCH3 is 1. The van der Waals surface area contributed by atoms with Gasteiger partial charge in [-0.2, -0.15) is 0 Å². The molecule has 0 atom stereocenters. The van der Waals surface area contributed by atoms with E-state index in [-0.39, 0.29) is 18.5 Å². The minimum absolute atomic E-state index is 0.0393. The Morgan fingerprint density at radius 3 is 2.78 bits per heavy atom. The molecule has 0 unspecified atom stereocenters. The lowest BCUT2D eigenvalue weighted by molar-refractivity contribution is -0.140. The van der Waals surface area contributed by atoms with Crippen LogP contribution in [0.5, 0.6) is 0 Å². The van der Waals surface area contributed by atoms with E-state index < -0.39 is 17.7 Å². The predicted octanol–water partition coefficient (Wildman–Crippen LogP) is 1.43. The highest BCUT2D eigenvalue weighted by atomic mass is 35.5. The van der Waals surface area contributed by atoms with Gasteiger partial charge in [0, 0.05) is 11.6 Å². The summed E-state index contributed by atoms with van der Waals surface area (Å²) in [6.07, 6.45) is 0.0393. The van der Waals surface area contributed by atoms with Gasteiger partial charge in [0.05, 0.1) is 24.8 Å². The van der Waals surface area contributed by atoms with Crippen molar-refractivity contribution in [2.24, 2.45) is 0 Å². The second-order valence-electron chi connectivity index (χ2n) is 3.77. The number of amides is 1. The van der Waals surface area contributed by atoms with Gasteiger partial charge in [0.2, 0.25) is 0 Å². The second kappa shape index (κ2) is 4.78. The number of hydrogen-bond acceptors (Lipinski definition) is 4. The third-order valence-electron chi connectivity index (χ3n) is 2.70. The topological polar surface area (TPSA) is 63.7 Å². The van der Waals surface area contributed by atoms with E-state index in [0.717, 1.165) is 0 Å². The Hall–Kier alpha value is -1.88. The second-order valence-corrected chi connectivity index (χ2v) is 4.21. The number of halogens is 1. The SMILES string of the molecule is COC(=O)CCN1C(=O)C(=O)c2cc(Cl)ccc21. The Kier molecular flexibility index (Phi) is 3.34. The Bertz CT molecular complexity index is 541. The van der Waals surface area contributed by atoms with Gasteiger partial charge in [0.1, 0.15) is 0 Å². The Morgan fingerprint density at radius 1 is 1.39 bits per heavy atom. The highest BCUT2D eigenvalue weighted by molar-refractivity contribution is 6.52. The summed E-state index contributed by atoms with van der Waals surface area (Å²) in [6.45, 7) is 0.117. The Morgan fingerprint density at radius 2 is 2.11 bits per heavy atom. The van der Waals surface area contributed by atoms with E-state index in [1.54, 1.807) is 12.1 Å². The van der Waals surface area contributed by atoms with Crippen LogP contribution < -0.4 is 4.90 Å². The van der Waals surface area contributed by atoms with Crippen LogP contribution in [0.2, 0.25) is 5.02 Å². The number of nitrogens with zero attached hydrogens (tertiary/aromatic N) is 1. The van der Waals surface area contributed by atoms with Crippen molar-refractivity contribution in [3.05, 3.63) is 28.8 Å². The van der Waals surface area contributed by atoms with Crippen molar-refractivity contribution in [3.63, 3.8) is 0 Å². The maximum absolute atomic E-state index is 11.8. The number of Topliss-reactive ketones (excluding diaryl/α,β-unsaturated/α-hetero) is 1. The molecule has 0 saturated heterocycles. The summed E-state index contributed by atoms with van der Waals surface area (Å²) in [6, 6.07) is 4.64. The highest BCUT2D eigenvalue weighted by Gasteiger charge is 2.35. The molecule has 1 aliphatic rings. The monoisotopic (exact) mass is 267 g/mol. The van der Waals surface area contributed by atoms with E-state index in [2.05, 4.69) is 4.74 Å². The van der Waals surface area contributed by atoms with Crippen LogP contribution in [0.1, 0.15) is 16.8 Å². The zero-order valence-electron chi connectivity index (χ0n) is 9.60. The molecule has 1 amide bonds. The maximum atomic E-state index is 11.8. The van der Waals surface area contributed by atoms with E-state index in [0.29, 0.717) is 10.7 Å². The van der Waals surface area contributed by atoms with Crippen molar-refractivity contribution in [3.8, 4) is 0 Å². The van der Waals surface area contributed by atoms with E-state index >= 15 is 0 Å². The first-order chi connectivity index (χ1) is 8.54. The largest absolute Gasteiger partial charge is 0.469 e. The van der Waals surface area contributed by atoms with Crippen molar-refractivity contribution < 1.29 is 19.1 Å². The Labute approximate surface area is 108 Å². The van der Waals surface area contributed by atoms with Gasteiger partial charge in [-0.05, 0) is 18.2 Å². The summed E-state index contributed by atoms with van der Waals surface area (Å²) >= 11 is 5.78. The first-order valence-electron chi connectivity index (χ1n) is 5.27. The molecule has 94 valence electrons. The number of ketones is 1. The summed E-state index contributed by atoms with van der Waals surface area (Å²) in [5.41, 5.74) is 0.760. The van der Waals surface area contributed by atoms with Gasteiger partial charge in [-0.1, -0.05) is 11.6 Å². The predicted molar refractivity (Wildman–Crippen MR) is 64.8 cm³/mol. The van der Waals surface area contributed by atoms with Gasteiger partial charge < -0.3 is 9.64 Å². The molecule has 1 heterocycles. The van der Waals surface area contributed by atoms with Crippen LogP contribution in [0.3, 0.4) is 0 Å². The zero-order chi connectivity index (χ0) is 13.3. The quantitative estimate of drug-likeness (QED) is 0.614. The van der Waals surface area contributed by atoms with E-state index in [1.807, 2.05) is 0 Å². The molecular weight excluding hydrogens is 258 g/mol. The molecular formula is C12H10ClNO4. The molecule has 1 aliphatic heterocycles. The van der Waals surface area contributed by atoms with E-state index in [4.69, 9.17) is 11.6 Å². The van der Waals surface area contributed by atoms with Crippen molar-refractivity contribution in [1.29, 1.82) is 0 Å². The van der Waals surface area contributed by atoms with Gasteiger partial charge in [-0.3, -0.25) is 14.4 Å². The lowest BCUT2D eigenvalue weighted by Crippen LogP contribution is -2.31. The van der Waals surface area contributed by atoms with Crippen LogP contribution in [0.4, 0.5) is 5.69 Å². The minimum atomic E-state index is -0.642. The Balaban J connectivity index is 2.26. The molecule has 1 aromatic rings. The molecule has 0 aliphatic carbocycles. The number of hydrogen-bond donors (Lipinski definition) is 0. The first kappa shape index (κ1) is 12.6. The van der Waals surface area contributed by atoms with Crippen molar-refractivity contribution in [2.45, 2.75) is 6.42 Å². The van der Waals surface area contributed by atoms with Gasteiger partial charge in [0.25, 0.3) is 11.7 Å². The van der Waals surface area contributed by atoms with Crippen molar-refractivity contribution in [1.82, 2.24) is 0 Å². The minimum Gasteiger partial charge on any atom is -0.469 e. The summed E-state index contributed by atoms with van der Waals surface area (Å²) in [5.74, 6) is -1.67. The summed E-state index contributed by atoms with van der Waals surface area (Å²) in [4.78, 5) is 35.8. The molecule has 0 saturated carbocycles. The van der Waals surface area contributed by atoms with Gasteiger partial charge in [-0.25, -0.2) is 0 Å². The molecule has 6 heteroatoms. The molecule has 1 aromatic carbocycles. The number of carbonyl (C=O) groups is 3. The zero-order valence-corrected chi connectivity index (χ0v) is 10.4. The van der Waals surface area contributed by atoms with Gasteiger partial charge >= 0.3 is 5.97 Å². The fourth-order valence-electron chi connectivity index (χ4n) is 1.80. The van der Waals surface area contributed by atoms with Crippen LogP contribution >= 0.6 is 11.6 Å². The van der Waals surface area contributed by atoms with Gasteiger partial charge in [0.15, 0.2) is 0 Å². The number of rotatable bonds is 3. The maximum Gasteiger partial charge on any atom is 0.307 e. The molecule has 18 heavy (non-hydrogen) atoms. The summed E-state index contributed by atoms with van der Waals surface area (Å²) in [7, 11) is 1.27. The third kappa shape index (κ3) is 2.09. The fourth-order valence-corrected chi connectivity index (χ4v) is 1.97. The molecule has 0 bridgehead atoms. The third-order valence-corrected chi connectivity index (χ3v) is 2.94. The lowest BCUT2D eigenvalue weighted by atomic mass is 10.1. The summed E-state index contributed by atoms with van der Waals surface area (Å²) in [5, 5.41) is 0.393. The lowest BCUT2D eigenvalue weighted by Gasteiger charge is -2.15. The fraction of sp³-hybridized carbons (Fsp3) is 0.250. The molecule has 2 rings (SSSR count). The van der Waals surface area contributed by atoms with Crippen LogP contribution in [0.25, 0.3) is 0 Å². The summed E-state index contributed by atoms with van der Waals surface area (Å²) < 4.78 is 4.50. The molecule has 0 spiro atoms. The molecule has 0 N–H and O–H groups in total. The van der Waals surface area contributed by atoms with E-state index in [1.165, 1.54) is 18.1 Å². The van der Waals surface area contributed by atoms with Crippen LogP contribution in [0.15, 0.2) is 18.2 Å². The number of anilines is 1. The molecule has 0 aromatic heterocycles. The number of esters is 1.